The Hall–Kier alpha value is -0.350. The van der Waals surface area contributed by atoms with E-state index in [4.69, 9.17) is 0 Å². The zero-order valence-electron chi connectivity index (χ0n) is 5.53. The highest BCUT2D eigenvalue weighted by Crippen LogP contribution is 2.15. The average Bonchev–Trinajstić information content (AvgIpc) is 2.34. The Balaban J connectivity index is 2.35. The molecule has 0 saturated heterocycles. The van der Waals surface area contributed by atoms with Gasteiger partial charge in [-0.15, -0.1) is 11.3 Å². The van der Waals surface area contributed by atoms with Crippen LogP contribution in [-0.4, -0.2) is 10.1 Å². The number of thioether (sulfide) groups is 1. The summed E-state index contributed by atoms with van der Waals surface area (Å²) >= 11 is 2.90. The molecule has 1 aromatic heterocycles. The van der Waals surface area contributed by atoms with Crippen LogP contribution in [0, 0.1) is 0 Å². The van der Waals surface area contributed by atoms with Crippen molar-refractivity contribution in [3.8, 4) is 0 Å². The van der Waals surface area contributed by atoms with Gasteiger partial charge in [-0.05, 0) is 0 Å². The van der Waals surface area contributed by atoms with Gasteiger partial charge in [-0.25, -0.2) is 0 Å². The lowest BCUT2D eigenvalue weighted by molar-refractivity contribution is -0.109. The van der Waals surface area contributed by atoms with E-state index in [9.17, 15) is 4.79 Å². The minimum atomic E-state index is 0.161. The van der Waals surface area contributed by atoms with Crippen LogP contribution in [-0.2, 0) is 10.5 Å². The second-order valence-electron chi connectivity index (χ2n) is 1.75. The zero-order valence-corrected chi connectivity index (χ0v) is 7.17. The molecule has 0 bridgehead atoms. The largest absolute Gasteiger partial charge is 0.288 e. The highest BCUT2D eigenvalue weighted by Gasteiger charge is 1.96. The zero-order chi connectivity index (χ0) is 7.40. The van der Waals surface area contributed by atoms with E-state index in [2.05, 4.69) is 4.98 Å². The number of rotatable bonds is 2. The van der Waals surface area contributed by atoms with Gasteiger partial charge in [0.25, 0.3) is 0 Å². The third-order valence-corrected chi connectivity index (χ3v) is 2.73. The van der Waals surface area contributed by atoms with Gasteiger partial charge in [0.1, 0.15) is 0 Å². The van der Waals surface area contributed by atoms with E-state index in [1.807, 2.05) is 0 Å². The number of aromatic nitrogens is 1. The molecule has 0 fully saturated rings. The standard InChI is InChI=1S/C6H7NOS2/c1-5(8)9-3-6-2-7-4-10-6/h2,4H,3H2,1H3. The second-order valence-corrected chi connectivity index (χ2v) is 3.87. The van der Waals surface area contributed by atoms with Crippen LogP contribution in [0.5, 0.6) is 0 Å². The number of carbonyl (C=O) groups is 1. The SMILES string of the molecule is CC(=O)SCc1cncs1. The van der Waals surface area contributed by atoms with Gasteiger partial charge in [-0.2, -0.15) is 0 Å². The number of hydrogen-bond acceptors (Lipinski definition) is 4. The summed E-state index contributed by atoms with van der Waals surface area (Å²) in [6.45, 7) is 1.58. The maximum atomic E-state index is 10.5. The fourth-order valence-corrected chi connectivity index (χ4v) is 1.73. The molecule has 0 atom stereocenters. The van der Waals surface area contributed by atoms with Crippen LogP contribution < -0.4 is 0 Å². The Morgan fingerprint density at radius 1 is 1.90 bits per heavy atom. The number of nitrogens with zero attached hydrogens (tertiary/aromatic N) is 1. The minimum absolute atomic E-state index is 0.161. The fraction of sp³-hybridized carbons (Fsp3) is 0.333. The number of thiazole rings is 1. The molecule has 1 heterocycles. The monoisotopic (exact) mass is 173 g/mol. The van der Waals surface area contributed by atoms with E-state index >= 15 is 0 Å². The van der Waals surface area contributed by atoms with Crippen LogP contribution in [0.4, 0.5) is 0 Å². The molecule has 4 heteroatoms. The van der Waals surface area contributed by atoms with E-state index < -0.39 is 0 Å². The van der Waals surface area contributed by atoms with Crippen LogP contribution >= 0.6 is 23.1 Å². The van der Waals surface area contributed by atoms with Gasteiger partial charge in [0.15, 0.2) is 5.12 Å². The van der Waals surface area contributed by atoms with Gasteiger partial charge in [0, 0.05) is 23.8 Å². The van der Waals surface area contributed by atoms with Crippen LogP contribution in [0.2, 0.25) is 0 Å². The molecule has 0 radical (unpaired) electrons. The summed E-state index contributed by atoms with van der Waals surface area (Å²) in [5.41, 5.74) is 1.77. The van der Waals surface area contributed by atoms with E-state index in [1.165, 1.54) is 11.8 Å². The number of hydrogen-bond donors (Lipinski definition) is 0. The third-order valence-electron chi connectivity index (χ3n) is 0.901. The molecule has 1 rings (SSSR count). The quantitative estimate of drug-likeness (QED) is 0.684. The Bertz CT molecular complexity index is 208. The van der Waals surface area contributed by atoms with Crippen molar-refractivity contribution in [1.82, 2.24) is 4.98 Å². The van der Waals surface area contributed by atoms with Gasteiger partial charge in [0.05, 0.1) is 5.51 Å². The summed E-state index contributed by atoms with van der Waals surface area (Å²) in [7, 11) is 0. The summed E-state index contributed by atoms with van der Waals surface area (Å²) in [4.78, 5) is 15.5. The highest BCUT2D eigenvalue weighted by atomic mass is 32.2. The van der Waals surface area contributed by atoms with Gasteiger partial charge in [-0.1, -0.05) is 11.8 Å². The lowest BCUT2D eigenvalue weighted by atomic mass is 10.6. The molecule has 0 spiro atoms. The summed E-state index contributed by atoms with van der Waals surface area (Å²) in [6.07, 6.45) is 1.79. The van der Waals surface area contributed by atoms with Crippen molar-refractivity contribution in [1.29, 1.82) is 0 Å². The predicted molar refractivity (Wildman–Crippen MR) is 44.1 cm³/mol. The van der Waals surface area contributed by atoms with Crippen molar-refractivity contribution in [3.05, 3.63) is 16.6 Å². The molecule has 0 aliphatic carbocycles. The van der Waals surface area contributed by atoms with Crippen molar-refractivity contribution in [2.24, 2.45) is 0 Å². The summed E-state index contributed by atoms with van der Waals surface area (Å²) in [5, 5.41) is 0.161. The topological polar surface area (TPSA) is 30.0 Å². The molecule has 0 aliphatic rings. The molecule has 2 nitrogen and oxygen atoms in total. The van der Waals surface area contributed by atoms with E-state index in [1.54, 1.807) is 30.0 Å². The van der Waals surface area contributed by atoms with Crippen LogP contribution in [0.25, 0.3) is 0 Å². The Morgan fingerprint density at radius 3 is 3.20 bits per heavy atom. The molecule has 0 aromatic carbocycles. The molecular weight excluding hydrogens is 166 g/mol. The maximum Gasteiger partial charge on any atom is 0.186 e. The summed E-state index contributed by atoms with van der Waals surface area (Å²) in [6, 6.07) is 0. The van der Waals surface area contributed by atoms with Crippen LogP contribution in [0.1, 0.15) is 11.8 Å². The summed E-state index contributed by atoms with van der Waals surface area (Å²) < 4.78 is 0. The van der Waals surface area contributed by atoms with Gasteiger partial charge in [-0.3, -0.25) is 9.78 Å². The van der Waals surface area contributed by atoms with Gasteiger partial charge in [0.2, 0.25) is 0 Å². The van der Waals surface area contributed by atoms with E-state index in [0.29, 0.717) is 0 Å². The molecule has 0 amide bonds. The lowest BCUT2D eigenvalue weighted by Gasteiger charge is -1.89. The molecule has 54 valence electrons. The first-order chi connectivity index (χ1) is 4.79. The Kier molecular flexibility index (Phi) is 2.89. The maximum absolute atomic E-state index is 10.5. The normalized spacial score (nSPS) is 9.70. The first-order valence-corrected chi connectivity index (χ1v) is 4.66. The smallest absolute Gasteiger partial charge is 0.186 e. The average molecular weight is 173 g/mol. The molecule has 0 N–H and O–H groups in total. The van der Waals surface area contributed by atoms with Crippen LogP contribution in [0.15, 0.2) is 11.7 Å². The predicted octanol–water partition coefficient (Wildman–Crippen LogP) is 1.92. The Labute approximate surface area is 67.7 Å². The van der Waals surface area contributed by atoms with Gasteiger partial charge < -0.3 is 0 Å². The van der Waals surface area contributed by atoms with Crippen molar-refractivity contribution in [3.63, 3.8) is 0 Å². The second kappa shape index (κ2) is 3.73. The van der Waals surface area contributed by atoms with E-state index in [0.717, 1.165) is 10.6 Å². The first kappa shape index (κ1) is 7.75. The van der Waals surface area contributed by atoms with Crippen molar-refractivity contribution >= 4 is 28.2 Å². The van der Waals surface area contributed by atoms with Crippen molar-refractivity contribution in [2.45, 2.75) is 12.7 Å². The van der Waals surface area contributed by atoms with Crippen molar-refractivity contribution in [2.75, 3.05) is 0 Å². The van der Waals surface area contributed by atoms with E-state index in [-0.39, 0.29) is 5.12 Å². The van der Waals surface area contributed by atoms with Crippen LogP contribution in [0.3, 0.4) is 0 Å². The van der Waals surface area contributed by atoms with Gasteiger partial charge >= 0.3 is 0 Å². The first-order valence-electron chi connectivity index (χ1n) is 2.80. The third kappa shape index (κ3) is 2.49. The number of carbonyl (C=O) groups excluding carboxylic acids is 1. The molecule has 0 saturated carbocycles. The molecule has 10 heavy (non-hydrogen) atoms. The molecule has 0 aliphatic heterocycles. The Morgan fingerprint density at radius 2 is 2.70 bits per heavy atom. The minimum Gasteiger partial charge on any atom is -0.288 e. The molecule has 0 unspecified atom stereocenters. The van der Waals surface area contributed by atoms with Crippen molar-refractivity contribution < 1.29 is 4.79 Å². The highest BCUT2D eigenvalue weighted by molar-refractivity contribution is 8.12. The molecule has 1 aromatic rings. The lowest BCUT2D eigenvalue weighted by Crippen LogP contribution is -1.81. The molecular formula is C6H7NOS2. The summed E-state index contributed by atoms with van der Waals surface area (Å²) in [5.74, 6) is 0.764. The fourth-order valence-electron chi connectivity index (χ4n) is 0.486.